The predicted octanol–water partition coefficient (Wildman–Crippen LogP) is 1.57. The number of benzene rings is 2. The van der Waals surface area contributed by atoms with E-state index < -0.39 is 28.8 Å². The van der Waals surface area contributed by atoms with Gasteiger partial charge >= 0.3 is 5.97 Å². The summed E-state index contributed by atoms with van der Waals surface area (Å²) in [4.78, 5) is 35.7. The molecule has 0 fully saturated rings. The first kappa shape index (κ1) is 12.9. The molecule has 0 saturated carbocycles. The molecule has 104 valence electrons. The number of fused-ring (bicyclic) bond motifs is 2. The van der Waals surface area contributed by atoms with E-state index in [2.05, 4.69) is 0 Å². The Morgan fingerprint density at radius 3 is 2.19 bits per heavy atom. The average Bonchev–Trinajstić information content (AvgIpc) is 2.43. The van der Waals surface area contributed by atoms with E-state index in [1.54, 1.807) is 0 Å². The first-order chi connectivity index (χ1) is 9.91. The van der Waals surface area contributed by atoms with Gasteiger partial charge in [0, 0.05) is 16.7 Å². The zero-order chi connectivity index (χ0) is 15.3. The molecule has 0 heterocycles. The predicted molar refractivity (Wildman–Crippen MR) is 70.0 cm³/mol. The van der Waals surface area contributed by atoms with Gasteiger partial charge in [0.05, 0.1) is 5.56 Å². The minimum absolute atomic E-state index is 0.0231. The van der Waals surface area contributed by atoms with E-state index in [4.69, 9.17) is 5.11 Å². The maximum atomic E-state index is 12.4. The topological polar surface area (TPSA) is 112 Å². The zero-order valence-corrected chi connectivity index (χ0v) is 10.5. The van der Waals surface area contributed by atoms with Crippen molar-refractivity contribution in [1.29, 1.82) is 0 Å². The number of aromatic carboxylic acids is 1. The number of carboxylic acid groups (broad SMARTS) is 1. The third kappa shape index (κ3) is 1.69. The van der Waals surface area contributed by atoms with Crippen LogP contribution in [0.2, 0.25) is 0 Å². The summed E-state index contributed by atoms with van der Waals surface area (Å²) in [5.74, 6) is -3.56. The second kappa shape index (κ2) is 4.17. The Kier molecular flexibility index (Phi) is 2.56. The Bertz CT molecular complexity index is 834. The molecule has 0 aliphatic heterocycles. The number of ketones is 2. The minimum Gasteiger partial charge on any atom is -0.507 e. The van der Waals surface area contributed by atoms with E-state index in [9.17, 15) is 24.6 Å². The molecule has 1 aliphatic carbocycles. The van der Waals surface area contributed by atoms with Crippen LogP contribution in [0.4, 0.5) is 0 Å². The number of rotatable bonds is 1. The molecule has 0 radical (unpaired) electrons. The van der Waals surface area contributed by atoms with Crippen molar-refractivity contribution in [3.8, 4) is 11.5 Å². The summed E-state index contributed by atoms with van der Waals surface area (Å²) in [6.45, 7) is 0. The molecule has 0 bridgehead atoms. The van der Waals surface area contributed by atoms with Crippen LogP contribution in [0.15, 0.2) is 30.3 Å². The highest BCUT2D eigenvalue weighted by Gasteiger charge is 2.33. The first-order valence-electron chi connectivity index (χ1n) is 5.93. The Morgan fingerprint density at radius 2 is 1.52 bits per heavy atom. The number of phenols is 2. The summed E-state index contributed by atoms with van der Waals surface area (Å²) >= 11 is 0. The van der Waals surface area contributed by atoms with Gasteiger partial charge in [-0.3, -0.25) is 9.59 Å². The van der Waals surface area contributed by atoms with E-state index in [1.807, 2.05) is 0 Å². The van der Waals surface area contributed by atoms with Gasteiger partial charge in [0.25, 0.3) is 0 Å². The average molecular weight is 284 g/mol. The molecule has 3 N–H and O–H groups in total. The number of phenolic OH excluding ortho intramolecular Hbond substituents is 1. The van der Waals surface area contributed by atoms with Gasteiger partial charge in [-0.05, 0) is 18.2 Å². The number of hydrogen-bond donors (Lipinski definition) is 3. The number of carbonyl (C=O) groups is 3. The fourth-order valence-corrected chi connectivity index (χ4v) is 2.38. The van der Waals surface area contributed by atoms with Crippen LogP contribution in [0.1, 0.15) is 42.2 Å². The molecule has 21 heavy (non-hydrogen) atoms. The lowest BCUT2D eigenvalue weighted by Crippen LogP contribution is -2.21. The molecular formula is C15H8O6. The molecule has 0 unspecified atom stereocenters. The van der Waals surface area contributed by atoms with Gasteiger partial charge < -0.3 is 15.3 Å². The summed E-state index contributed by atoms with van der Waals surface area (Å²) < 4.78 is 0. The van der Waals surface area contributed by atoms with Crippen molar-refractivity contribution in [1.82, 2.24) is 0 Å². The quantitative estimate of drug-likeness (QED) is 0.625. The van der Waals surface area contributed by atoms with Crippen molar-refractivity contribution in [2.75, 3.05) is 0 Å². The Morgan fingerprint density at radius 1 is 0.857 bits per heavy atom. The molecule has 2 aromatic carbocycles. The van der Waals surface area contributed by atoms with Gasteiger partial charge in [0.2, 0.25) is 0 Å². The monoisotopic (exact) mass is 284 g/mol. The smallest absolute Gasteiger partial charge is 0.339 e. The second-order valence-electron chi connectivity index (χ2n) is 4.58. The van der Waals surface area contributed by atoms with Crippen LogP contribution in [-0.4, -0.2) is 32.9 Å². The first-order valence-corrected chi connectivity index (χ1v) is 5.93. The molecule has 6 nitrogen and oxygen atoms in total. The summed E-state index contributed by atoms with van der Waals surface area (Å²) in [5.41, 5.74) is -0.842. The van der Waals surface area contributed by atoms with Crippen molar-refractivity contribution >= 4 is 17.5 Å². The maximum absolute atomic E-state index is 12.4. The van der Waals surface area contributed by atoms with Gasteiger partial charge in [0.1, 0.15) is 17.1 Å². The van der Waals surface area contributed by atoms with Crippen LogP contribution < -0.4 is 0 Å². The van der Waals surface area contributed by atoms with E-state index in [-0.39, 0.29) is 28.0 Å². The number of hydrogen-bond acceptors (Lipinski definition) is 5. The molecule has 6 heteroatoms. The molecule has 0 saturated heterocycles. The third-order valence-electron chi connectivity index (χ3n) is 3.37. The number of carboxylic acids is 1. The Hall–Kier alpha value is -3.15. The molecule has 3 rings (SSSR count). The minimum atomic E-state index is -1.42. The van der Waals surface area contributed by atoms with Crippen LogP contribution in [0, 0.1) is 0 Å². The third-order valence-corrected chi connectivity index (χ3v) is 3.37. The van der Waals surface area contributed by atoms with Crippen molar-refractivity contribution in [2.45, 2.75) is 0 Å². The molecule has 0 amide bonds. The highest BCUT2D eigenvalue weighted by molar-refractivity contribution is 6.29. The van der Waals surface area contributed by atoms with E-state index >= 15 is 0 Å². The second-order valence-corrected chi connectivity index (χ2v) is 4.58. The highest BCUT2D eigenvalue weighted by Crippen LogP contribution is 2.35. The van der Waals surface area contributed by atoms with Crippen LogP contribution in [0.5, 0.6) is 11.5 Å². The standard InChI is InChI=1S/C15H8O6/c16-10-3-1-2-6-12(10)14(19)7-4-9(15(20)21)11(17)5-8(7)13(6)18/h1-5,16-17H,(H,20,21). The summed E-state index contributed by atoms with van der Waals surface area (Å²) in [6.07, 6.45) is 0. The van der Waals surface area contributed by atoms with Crippen molar-refractivity contribution in [3.63, 3.8) is 0 Å². The molecule has 1 aliphatic rings. The molecule has 0 spiro atoms. The largest absolute Gasteiger partial charge is 0.507 e. The van der Waals surface area contributed by atoms with Gasteiger partial charge in [-0.2, -0.15) is 0 Å². The lowest BCUT2D eigenvalue weighted by Gasteiger charge is -2.19. The Labute approximate surface area is 117 Å². The van der Waals surface area contributed by atoms with Crippen LogP contribution >= 0.6 is 0 Å². The maximum Gasteiger partial charge on any atom is 0.339 e. The summed E-state index contributed by atoms with van der Waals surface area (Å²) in [6, 6.07) is 6.00. The van der Waals surface area contributed by atoms with Crippen molar-refractivity contribution in [2.24, 2.45) is 0 Å². The molecule has 2 aromatic rings. The summed E-state index contributed by atoms with van der Waals surface area (Å²) in [7, 11) is 0. The van der Waals surface area contributed by atoms with E-state index in [1.165, 1.54) is 18.2 Å². The zero-order valence-electron chi connectivity index (χ0n) is 10.5. The van der Waals surface area contributed by atoms with Gasteiger partial charge in [-0.1, -0.05) is 12.1 Å². The highest BCUT2D eigenvalue weighted by atomic mass is 16.4. The normalized spacial score (nSPS) is 12.8. The van der Waals surface area contributed by atoms with E-state index in [0.29, 0.717) is 0 Å². The molecular weight excluding hydrogens is 276 g/mol. The van der Waals surface area contributed by atoms with Crippen LogP contribution in [0.25, 0.3) is 0 Å². The van der Waals surface area contributed by atoms with Crippen LogP contribution in [-0.2, 0) is 0 Å². The lowest BCUT2D eigenvalue weighted by molar-refractivity contribution is 0.0693. The van der Waals surface area contributed by atoms with Crippen molar-refractivity contribution < 1.29 is 29.7 Å². The SMILES string of the molecule is O=C(O)c1cc2c(cc1O)C(=O)c1cccc(O)c1C2=O. The van der Waals surface area contributed by atoms with Gasteiger partial charge in [0.15, 0.2) is 11.6 Å². The molecule has 0 aromatic heterocycles. The fourth-order valence-electron chi connectivity index (χ4n) is 2.38. The van der Waals surface area contributed by atoms with Gasteiger partial charge in [-0.25, -0.2) is 4.79 Å². The summed E-state index contributed by atoms with van der Waals surface area (Å²) in [5, 5.41) is 28.4. The fraction of sp³-hybridized carbons (Fsp3) is 0. The van der Waals surface area contributed by atoms with Crippen molar-refractivity contribution in [3.05, 3.63) is 58.1 Å². The van der Waals surface area contributed by atoms with Gasteiger partial charge in [-0.15, -0.1) is 0 Å². The van der Waals surface area contributed by atoms with E-state index in [0.717, 1.165) is 12.1 Å². The molecule has 0 atom stereocenters. The Balaban J connectivity index is 2.34. The lowest BCUT2D eigenvalue weighted by atomic mass is 9.82. The van der Waals surface area contributed by atoms with Crippen LogP contribution in [0.3, 0.4) is 0 Å². The number of carbonyl (C=O) groups excluding carboxylic acids is 2. The number of aromatic hydroxyl groups is 2.